The van der Waals surface area contributed by atoms with E-state index in [1.807, 2.05) is 12.1 Å². The van der Waals surface area contributed by atoms with E-state index in [9.17, 15) is 0 Å². The monoisotopic (exact) mass is 432 g/mol. The summed E-state index contributed by atoms with van der Waals surface area (Å²) in [5, 5.41) is 6.77. The van der Waals surface area contributed by atoms with Gasteiger partial charge in [0.2, 0.25) is 0 Å². The molecule has 1 aromatic carbocycles. The molecule has 0 aliphatic heterocycles. The molecule has 0 bridgehead atoms. The predicted molar refractivity (Wildman–Crippen MR) is 107 cm³/mol. The van der Waals surface area contributed by atoms with Gasteiger partial charge in [-0.3, -0.25) is 4.99 Å². The molecule has 0 saturated heterocycles. The Kier molecular flexibility index (Phi) is 8.68. The van der Waals surface area contributed by atoms with Crippen LogP contribution in [0.1, 0.15) is 31.4 Å². The highest BCUT2D eigenvalue weighted by Gasteiger charge is 2.22. The average Bonchev–Trinajstić information content (AvgIpc) is 3.31. The Morgan fingerprint density at radius 2 is 2.13 bits per heavy atom. The molecule has 0 amide bonds. The third-order valence-electron chi connectivity index (χ3n) is 3.79. The zero-order valence-electron chi connectivity index (χ0n) is 14.5. The van der Waals surface area contributed by atoms with Crippen molar-refractivity contribution >= 4 is 29.9 Å². The molecule has 0 aromatic heterocycles. The van der Waals surface area contributed by atoms with Crippen molar-refractivity contribution < 1.29 is 4.74 Å². The SMILES string of the molecule is CCNC(=NCC(c1cccc(OC)c1)N(C)C)NC1CC1.I. The summed E-state index contributed by atoms with van der Waals surface area (Å²) in [6.07, 6.45) is 2.49. The van der Waals surface area contributed by atoms with Gasteiger partial charge in [0.25, 0.3) is 0 Å². The number of aliphatic imine (C=N–C) groups is 1. The summed E-state index contributed by atoms with van der Waals surface area (Å²) in [6, 6.07) is 9.04. The Morgan fingerprint density at radius 1 is 1.39 bits per heavy atom. The zero-order chi connectivity index (χ0) is 15.9. The van der Waals surface area contributed by atoms with Crippen molar-refractivity contribution in [1.29, 1.82) is 0 Å². The van der Waals surface area contributed by atoms with Crippen LogP contribution in [-0.2, 0) is 0 Å². The molecule has 1 aromatic rings. The number of guanidine groups is 1. The minimum absolute atomic E-state index is 0. The van der Waals surface area contributed by atoms with E-state index in [1.165, 1.54) is 18.4 Å². The third-order valence-corrected chi connectivity index (χ3v) is 3.79. The second kappa shape index (κ2) is 9.97. The lowest BCUT2D eigenvalue weighted by molar-refractivity contribution is 0.305. The summed E-state index contributed by atoms with van der Waals surface area (Å²) < 4.78 is 5.33. The van der Waals surface area contributed by atoms with Gasteiger partial charge < -0.3 is 20.3 Å². The van der Waals surface area contributed by atoms with Crippen molar-refractivity contribution in [2.75, 3.05) is 34.3 Å². The van der Waals surface area contributed by atoms with Gasteiger partial charge in [-0.15, -0.1) is 24.0 Å². The van der Waals surface area contributed by atoms with E-state index in [0.29, 0.717) is 12.6 Å². The quantitative estimate of drug-likeness (QED) is 0.395. The molecule has 1 aliphatic carbocycles. The third kappa shape index (κ3) is 6.55. The molecular formula is C17H29IN4O. The van der Waals surface area contributed by atoms with Gasteiger partial charge in [0, 0.05) is 12.6 Å². The fourth-order valence-electron chi connectivity index (χ4n) is 2.33. The zero-order valence-corrected chi connectivity index (χ0v) is 16.8. The first-order valence-corrected chi connectivity index (χ1v) is 7.99. The number of ether oxygens (including phenoxy) is 1. The van der Waals surface area contributed by atoms with Gasteiger partial charge >= 0.3 is 0 Å². The van der Waals surface area contributed by atoms with Crippen molar-refractivity contribution in [2.45, 2.75) is 31.8 Å². The van der Waals surface area contributed by atoms with Crippen LogP contribution in [0.2, 0.25) is 0 Å². The summed E-state index contributed by atoms with van der Waals surface area (Å²) >= 11 is 0. The minimum atomic E-state index is 0. The number of hydrogen-bond donors (Lipinski definition) is 2. The summed E-state index contributed by atoms with van der Waals surface area (Å²) in [5.41, 5.74) is 1.22. The maximum Gasteiger partial charge on any atom is 0.191 e. The molecule has 1 unspecified atom stereocenters. The maximum atomic E-state index is 5.33. The summed E-state index contributed by atoms with van der Waals surface area (Å²) in [7, 11) is 5.87. The van der Waals surface area contributed by atoms with Crippen LogP contribution >= 0.6 is 24.0 Å². The average molecular weight is 432 g/mol. The highest BCUT2D eigenvalue weighted by atomic mass is 127. The summed E-state index contributed by atoms with van der Waals surface area (Å²) in [4.78, 5) is 6.95. The number of nitrogens with zero attached hydrogens (tertiary/aromatic N) is 2. The number of halogens is 1. The molecular weight excluding hydrogens is 403 g/mol. The fourth-order valence-corrected chi connectivity index (χ4v) is 2.33. The lowest BCUT2D eigenvalue weighted by Gasteiger charge is -2.24. The molecule has 1 atom stereocenters. The summed E-state index contributed by atoms with van der Waals surface area (Å²) in [6.45, 7) is 3.68. The molecule has 1 fully saturated rings. The lowest BCUT2D eigenvalue weighted by Crippen LogP contribution is -2.39. The first-order valence-electron chi connectivity index (χ1n) is 7.99. The van der Waals surface area contributed by atoms with Crippen LogP contribution in [0.5, 0.6) is 5.75 Å². The molecule has 0 heterocycles. The minimum Gasteiger partial charge on any atom is -0.497 e. The molecule has 2 N–H and O–H groups in total. The standard InChI is InChI=1S/C17H28N4O.HI/c1-5-18-17(20-14-9-10-14)19-12-16(21(2)3)13-7-6-8-15(11-13)22-4;/h6-8,11,14,16H,5,9-10,12H2,1-4H3,(H2,18,19,20);1H. The maximum absolute atomic E-state index is 5.33. The van der Waals surface area contributed by atoms with Crippen LogP contribution in [0.3, 0.4) is 0 Å². The predicted octanol–water partition coefficient (Wildman–Crippen LogP) is 2.63. The first-order chi connectivity index (χ1) is 10.6. The van der Waals surface area contributed by atoms with E-state index in [0.717, 1.165) is 18.3 Å². The molecule has 6 heteroatoms. The van der Waals surface area contributed by atoms with Crippen LogP contribution in [0.25, 0.3) is 0 Å². The van der Waals surface area contributed by atoms with E-state index < -0.39 is 0 Å². The molecule has 1 aliphatic rings. The fraction of sp³-hybridized carbons (Fsp3) is 0.588. The Labute approximate surface area is 156 Å². The van der Waals surface area contributed by atoms with Gasteiger partial charge in [-0.05, 0) is 51.6 Å². The molecule has 1 saturated carbocycles. The highest BCUT2D eigenvalue weighted by molar-refractivity contribution is 14.0. The van der Waals surface area contributed by atoms with E-state index in [4.69, 9.17) is 9.73 Å². The van der Waals surface area contributed by atoms with E-state index in [1.54, 1.807) is 7.11 Å². The molecule has 5 nitrogen and oxygen atoms in total. The summed E-state index contributed by atoms with van der Waals surface area (Å²) in [5.74, 6) is 1.80. The number of methoxy groups -OCH3 is 1. The number of benzene rings is 1. The second-order valence-electron chi connectivity index (χ2n) is 5.89. The number of hydrogen-bond acceptors (Lipinski definition) is 3. The Bertz CT molecular complexity index is 503. The highest BCUT2D eigenvalue weighted by Crippen LogP contribution is 2.23. The van der Waals surface area contributed by atoms with Gasteiger partial charge in [0.15, 0.2) is 5.96 Å². The topological polar surface area (TPSA) is 48.9 Å². The van der Waals surface area contributed by atoms with Crippen LogP contribution in [-0.4, -0.2) is 51.2 Å². The van der Waals surface area contributed by atoms with Crippen molar-refractivity contribution in [3.63, 3.8) is 0 Å². The lowest BCUT2D eigenvalue weighted by atomic mass is 10.1. The largest absolute Gasteiger partial charge is 0.497 e. The van der Waals surface area contributed by atoms with Gasteiger partial charge in [-0.2, -0.15) is 0 Å². The van der Waals surface area contributed by atoms with Crippen molar-refractivity contribution in [2.24, 2.45) is 4.99 Å². The second-order valence-corrected chi connectivity index (χ2v) is 5.89. The van der Waals surface area contributed by atoms with Crippen LogP contribution in [0.15, 0.2) is 29.3 Å². The first kappa shape index (κ1) is 20.0. The van der Waals surface area contributed by atoms with Gasteiger partial charge in [0.1, 0.15) is 5.75 Å². The molecule has 23 heavy (non-hydrogen) atoms. The molecule has 2 rings (SSSR count). The van der Waals surface area contributed by atoms with Crippen LogP contribution in [0.4, 0.5) is 0 Å². The number of rotatable bonds is 7. The molecule has 130 valence electrons. The van der Waals surface area contributed by atoms with E-state index in [2.05, 4.69) is 48.7 Å². The Balaban J connectivity index is 0.00000264. The normalized spacial score (nSPS) is 15.8. The Morgan fingerprint density at radius 3 is 2.70 bits per heavy atom. The van der Waals surface area contributed by atoms with Crippen molar-refractivity contribution in [1.82, 2.24) is 15.5 Å². The molecule has 0 spiro atoms. The van der Waals surface area contributed by atoms with E-state index in [-0.39, 0.29) is 30.0 Å². The van der Waals surface area contributed by atoms with Crippen molar-refractivity contribution in [3.8, 4) is 5.75 Å². The van der Waals surface area contributed by atoms with Crippen LogP contribution in [0, 0.1) is 0 Å². The number of nitrogens with one attached hydrogen (secondary N) is 2. The van der Waals surface area contributed by atoms with Gasteiger partial charge in [0.05, 0.1) is 19.7 Å². The Hall–Kier alpha value is -1.02. The smallest absolute Gasteiger partial charge is 0.191 e. The van der Waals surface area contributed by atoms with Crippen LogP contribution < -0.4 is 15.4 Å². The number of likely N-dealkylation sites (N-methyl/N-ethyl adjacent to an activating group) is 1. The van der Waals surface area contributed by atoms with E-state index >= 15 is 0 Å². The van der Waals surface area contributed by atoms with Crippen molar-refractivity contribution in [3.05, 3.63) is 29.8 Å². The molecule has 0 radical (unpaired) electrons. The van der Waals surface area contributed by atoms with Gasteiger partial charge in [-0.1, -0.05) is 12.1 Å². The van der Waals surface area contributed by atoms with Gasteiger partial charge in [-0.25, -0.2) is 0 Å².